The van der Waals surface area contributed by atoms with E-state index in [2.05, 4.69) is 17.6 Å². The summed E-state index contributed by atoms with van der Waals surface area (Å²) in [6, 6.07) is 7.82. The molecule has 2 rings (SSSR count). The van der Waals surface area contributed by atoms with Gasteiger partial charge < -0.3 is 15.4 Å². The standard InChI is InChI=1S/C16H24N2O2/c1-3-20-14-9-7-13(8-10-14)16(19)18-12(2)15-6-4-5-11-17-15/h7-10,12,15,17H,3-6,11H2,1-2H3,(H,18,19). The highest BCUT2D eigenvalue weighted by Gasteiger charge is 2.21. The van der Waals surface area contributed by atoms with Crippen LogP contribution in [0.2, 0.25) is 0 Å². The minimum Gasteiger partial charge on any atom is -0.494 e. The predicted octanol–water partition coefficient (Wildman–Crippen LogP) is 2.35. The van der Waals surface area contributed by atoms with Crippen molar-refractivity contribution in [2.24, 2.45) is 0 Å². The van der Waals surface area contributed by atoms with Gasteiger partial charge in [-0.3, -0.25) is 4.79 Å². The Balaban J connectivity index is 1.89. The van der Waals surface area contributed by atoms with Gasteiger partial charge in [-0.15, -0.1) is 0 Å². The molecule has 0 saturated carbocycles. The van der Waals surface area contributed by atoms with Crippen molar-refractivity contribution < 1.29 is 9.53 Å². The second-order valence-corrected chi connectivity index (χ2v) is 5.28. The van der Waals surface area contributed by atoms with Crippen LogP contribution >= 0.6 is 0 Å². The molecule has 1 amide bonds. The average molecular weight is 276 g/mol. The fourth-order valence-electron chi connectivity index (χ4n) is 2.57. The number of carbonyl (C=O) groups excluding carboxylic acids is 1. The summed E-state index contributed by atoms with van der Waals surface area (Å²) in [5.74, 6) is 0.777. The van der Waals surface area contributed by atoms with E-state index in [4.69, 9.17) is 4.74 Å². The van der Waals surface area contributed by atoms with Crippen LogP contribution < -0.4 is 15.4 Å². The van der Waals surface area contributed by atoms with Crippen LogP contribution in [0.25, 0.3) is 0 Å². The Hall–Kier alpha value is -1.55. The van der Waals surface area contributed by atoms with Gasteiger partial charge in [-0.1, -0.05) is 6.42 Å². The van der Waals surface area contributed by atoms with Gasteiger partial charge in [-0.05, 0) is 57.5 Å². The lowest BCUT2D eigenvalue weighted by molar-refractivity contribution is 0.0928. The molecule has 20 heavy (non-hydrogen) atoms. The van der Waals surface area contributed by atoms with Crippen molar-refractivity contribution in [1.82, 2.24) is 10.6 Å². The highest BCUT2D eigenvalue weighted by atomic mass is 16.5. The topological polar surface area (TPSA) is 50.4 Å². The summed E-state index contributed by atoms with van der Waals surface area (Å²) in [4.78, 5) is 12.2. The van der Waals surface area contributed by atoms with Gasteiger partial charge in [-0.2, -0.15) is 0 Å². The van der Waals surface area contributed by atoms with Gasteiger partial charge in [0.25, 0.3) is 5.91 Å². The molecule has 2 N–H and O–H groups in total. The Morgan fingerprint density at radius 2 is 2.15 bits per heavy atom. The minimum atomic E-state index is -0.0204. The largest absolute Gasteiger partial charge is 0.494 e. The average Bonchev–Trinajstić information content (AvgIpc) is 2.49. The van der Waals surface area contributed by atoms with Gasteiger partial charge in [0.05, 0.1) is 6.61 Å². The van der Waals surface area contributed by atoms with Crippen molar-refractivity contribution in [3.05, 3.63) is 29.8 Å². The summed E-state index contributed by atoms with van der Waals surface area (Å²) >= 11 is 0. The quantitative estimate of drug-likeness (QED) is 0.868. The third kappa shape index (κ3) is 3.97. The molecule has 1 heterocycles. The van der Waals surface area contributed by atoms with E-state index in [1.54, 1.807) is 12.1 Å². The maximum Gasteiger partial charge on any atom is 0.251 e. The van der Waals surface area contributed by atoms with Gasteiger partial charge in [0.2, 0.25) is 0 Å². The summed E-state index contributed by atoms with van der Waals surface area (Å²) in [6.07, 6.45) is 3.60. The molecule has 1 fully saturated rings. The first-order valence-electron chi connectivity index (χ1n) is 7.48. The zero-order valence-corrected chi connectivity index (χ0v) is 12.3. The van der Waals surface area contributed by atoms with Crippen LogP contribution in [0.5, 0.6) is 5.75 Å². The number of hydrogen-bond acceptors (Lipinski definition) is 3. The first-order chi connectivity index (χ1) is 9.70. The van der Waals surface area contributed by atoms with Crippen molar-refractivity contribution >= 4 is 5.91 Å². The molecule has 0 aromatic heterocycles. The van der Waals surface area contributed by atoms with Crippen molar-refractivity contribution in [2.75, 3.05) is 13.2 Å². The first kappa shape index (κ1) is 14.9. The van der Waals surface area contributed by atoms with Crippen molar-refractivity contribution in [3.8, 4) is 5.75 Å². The molecule has 0 aliphatic carbocycles. The number of ether oxygens (including phenoxy) is 1. The normalized spacial score (nSPS) is 20.2. The van der Waals surface area contributed by atoms with E-state index in [9.17, 15) is 4.79 Å². The summed E-state index contributed by atoms with van der Waals surface area (Å²) in [5, 5.41) is 6.54. The van der Waals surface area contributed by atoms with E-state index in [1.807, 2.05) is 19.1 Å². The molecule has 2 atom stereocenters. The lowest BCUT2D eigenvalue weighted by Crippen LogP contribution is -2.50. The Morgan fingerprint density at radius 3 is 2.75 bits per heavy atom. The smallest absolute Gasteiger partial charge is 0.251 e. The van der Waals surface area contributed by atoms with E-state index in [1.165, 1.54) is 12.8 Å². The number of amides is 1. The van der Waals surface area contributed by atoms with Crippen LogP contribution in [0, 0.1) is 0 Å². The van der Waals surface area contributed by atoms with E-state index in [0.717, 1.165) is 18.7 Å². The molecule has 4 nitrogen and oxygen atoms in total. The number of piperidine rings is 1. The number of benzene rings is 1. The molecular weight excluding hydrogens is 252 g/mol. The molecule has 0 spiro atoms. The Bertz CT molecular complexity index is 425. The molecule has 0 bridgehead atoms. The second-order valence-electron chi connectivity index (χ2n) is 5.28. The molecule has 1 aliphatic heterocycles. The number of rotatable bonds is 5. The van der Waals surface area contributed by atoms with E-state index in [-0.39, 0.29) is 11.9 Å². The van der Waals surface area contributed by atoms with Gasteiger partial charge in [0, 0.05) is 17.6 Å². The van der Waals surface area contributed by atoms with Gasteiger partial charge >= 0.3 is 0 Å². The first-order valence-corrected chi connectivity index (χ1v) is 7.48. The molecular formula is C16H24N2O2. The minimum absolute atomic E-state index is 0.0204. The van der Waals surface area contributed by atoms with Crippen LogP contribution in [0.15, 0.2) is 24.3 Å². The van der Waals surface area contributed by atoms with Crippen molar-refractivity contribution in [3.63, 3.8) is 0 Å². The Morgan fingerprint density at radius 1 is 1.40 bits per heavy atom. The van der Waals surface area contributed by atoms with Crippen LogP contribution in [0.4, 0.5) is 0 Å². The Labute approximate surface area is 120 Å². The van der Waals surface area contributed by atoms with Crippen LogP contribution in [0.3, 0.4) is 0 Å². The van der Waals surface area contributed by atoms with E-state index < -0.39 is 0 Å². The van der Waals surface area contributed by atoms with E-state index >= 15 is 0 Å². The highest BCUT2D eigenvalue weighted by molar-refractivity contribution is 5.94. The zero-order chi connectivity index (χ0) is 14.4. The molecule has 4 heteroatoms. The summed E-state index contributed by atoms with van der Waals surface area (Å²) in [7, 11) is 0. The second kappa shape index (κ2) is 7.29. The number of hydrogen-bond donors (Lipinski definition) is 2. The number of nitrogens with one attached hydrogen (secondary N) is 2. The number of carbonyl (C=O) groups is 1. The van der Waals surface area contributed by atoms with Crippen molar-refractivity contribution in [1.29, 1.82) is 0 Å². The molecule has 1 aromatic carbocycles. The molecule has 1 saturated heterocycles. The third-order valence-electron chi connectivity index (χ3n) is 3.74. The lowest BCUT2D eigenvalue weighted by Gasteiger charge is -2.29. The van der Waals surface area contributed by atoms with E-state index in [0.29, 0.717) is 18.2 Å². The fraction of sp³-hybridized carbons (Fsp3) is 0.562. The SMILES string of the molecule is CCOc1ccc(C(=O)NC(C)C2CCCCN2)cc1. The van der Waals surface area contributed by atoms with Crippen molar-refractivity contribution in [2.45, 2.75) is 45.2 Å². The Kier molecular flexibility index (Phi) is 5.41. The molecule has 110 valence electrons. The summed E-state index contributed by atoms with van der Waals surface area (Å²) in [6.45, 7) is 5.69. The summed E-state index contributed by atoms with van der Waals surface area (Å²) in [5.41, 5.74) is 0.677. The molecule has 2 unspecified atom stereocenters. The molecule has 1 aromatic rings. The van der Waals surface area contributed by atoms with Gasteiger partial charge in [0.1, 0.15) is 5.75 Å². The predicted molar refractivity (Wildman–Crippen MR) is 80.2 cm³/mol. The molecule has 0 radical (unpaired) electrons. The maximum atomic E-state index is 12.2. The van der Waals surface area contributed by atoms with Crippen LogP contribution in [-0.2, 0) is 0 Å². The lowest BCUT2D eigenvalue weighted by atomic mass is 9.99. The van der Waals surface area contributed by atoms with Gasteiger partial charge in [-0.25, -0.2) is 0 Å². The third-order valence-corrected chi connectivity index (χ3v) is 3.74. The fourth-order valence-corrected chi connectivity index (χ4v) is 2.57. The zero-order valence-electron chi connectivity index (χ0n) is 12.3. The maximum absolute atomic E-state index is 12.2. The monoisotopic (exact) mass is 276 g/mol. The molecule has 1 aliphatic rings. The summed E-state index contributed by atoms with van der Waals surface area (Å²) < 4.78 is 5.38. The van der Waals surface area contributed by atoms with Crippen LogP contribution in [-0.4, -0.2) is 31.1 Å². The highest BCUT2D eigenvalue weighted by Crippen LogP contribution is 2.13. The van der Waals surface area contributed by atoms with Gasteiger partial charge in [0.15, 0.2) is 0 Å². The van der Waals surface area contributed by atoms with Crippen LogP contribution in [0.1, 0.15) is 43.5 Å².